The van der Waals surface area contributed by atoms with E-state index in [1.807, 2.05) is 24.7 Å². The SMILES string of the molecule is CC(C)CC(N)c1cncn1-c1ccc(Br)cc1. The number of aromatic nitrogens is 2. The number of hydrogen-bond acceptors (Lipinski definition) is 2. The Morgan fingerprint density at radius 3 is 2.56 bits per heavy atom. The second kappa shape index (κ2) is 5.67. The lowest BCUT2D eigenvalue weighted by Crippen LogP contribution is -2.16. The highest BCUT2D eigenvalue weighted by atomic mass is 79.9. The van der Waals surface area contributed by atoms with E-state index in [2.05, 4.69) is 51.5 Å². The van der Waals surface area contributed by atoms with Gasteiger partial charge >= 0.3 is 0 Å². The Kier molecular flexibility index (Phi) is 4.19. The molecule has 0 fully saturated rings. The standard InChI is InChI=1S/C14H18BrN3/c1-10(2)7-13(16)14-8-17-9-18(14)12-5-3-11(15)4-6-12/h3-6,8-10,13H,7,16H2,1-2H3. The molecule has 0 bridgehead atoms. The lowest BCUT2D eigenvalue weighted by molar-refractivity contribution is 0.498. The topological polar surface area (TPSA) is 43.8 Å². The molecule has 3 nitrogen and oxygen atoms in total. The molecule has 96 valence electrons. The molecule has 2 N–H and O–H groups in total. The molecule has 0 amide bonds. The molecule has 2 aromatic rings. The summed E-state index contributed by atoms with van der Waals surface area (Å²) in [6.07, 6.45) is 4.63. The van der Waals surface area contributed by atoms with Gasteiger partial charge in [-0.05, 0) is 36.6 Å². The number of nitrogens with zero attached hydrogens (tertiary/aromatic N) is 2. The fourth-order valence-electron chi connectivity index (χ4n) is 2.03. The first-order chi connectivity index (χ1) is 8.58. The van der Waals surface area contributed by atoms with Gasteiger partial charge in [-0.25, -0.2) is 4.98 Å². The van der Waals surface area contributed by atoms with E-state index in [1.54, 1.807) is 0 Å². The van der Waals surface area contributed by atoms with Gasteiger partial charge in [0.25, 0.3) is 0 Å². The molecule has 0 saturated heterocycles. The van der Waals surface area contributed by atoms with Crippen molar-refractivity contribution in [2.24, 2.45) is 11.7 Å². The normalized spacial score (nSPS) is 12.9. The summed E-state index contributed by atoms with van der Waals surface area (Å²) >= 11 is 3.44. The Labute approximate surface area is 116 Å². The largest absolute Gasteiger partial charge is 0.323 e. The van der Waals surface area contributed by atoms with Crippen molar-refractivity contribution in [3.8, 4) is 5.69 Å². The van der Waals surface area contributed by atoms with Crippen molar-refractivity contribution in [3.63, 3.8) is 0 Å². The summed E-state index contributed by atoms with van der Waals surface area (Å²) < 4.78 is 3.12. The molecule has 1 heterocycles. The second-order valence-corrected chi connectivity index (χ2v) is 5.82. The van der Waals surface area contributed by atoms with E-state index in [0.717, 1.165) is 22.3 Å². The Morgan fingerprint density at radius 2 is 1.94 bits per heavy atom. The zero-order valence-electron chi connectivity index (χ0n) is 10.7. The summed E-state index contributed by atoms with van der Waals surface area (Å²) in [5.41, 5.74) is 8.39. The molecule has 0 radical (unpaired) electrons. The van der Waals surface area contributed by atoms with Crippen LogP contribution in [0.3, 0.4) is 0 Å². The molecule has 0 aliphatic rings. The van der Waals surface area contributed by atoms with Crippen molar-refractivity contribution in [2.45, 2.75) is 26.3 Å². The van der Waals surface area contributed by atoms with E-state index in [-0.39, 0.29) is 6.04 Å². The number of imidazole rings is 1. The summed E-state index contributed by atoms with van der Waals surface area (Å²) in [6, 6.07) is 8.17. The van der Waals surface area contributed by atoms with Crippen molar-refractivity contribution in [1.82, 2.24) is 9.55 Å². The average Bonchev–Trinajstić information content (AvgIpc) is 2.78. The van der Waals surface area contributed by atoms with Crippen LogP contribution in [-0.2, 0) is 0 Å². The Bertz CT molecular complexity index is 502. The molecule has 0 aliphatic heterocycles. The van der Waals surface area contributed by atoms with Crippen LogP contribution in [0.4, 0.5) is 0 Å². The molecule has 1 aromatic heterocycles. The van der Waals surface area contributed by atoms with Crippen molar-refractivity contribution in [2.75, 3.05) is 0 Å². The van der Waals surface area contributed by atoms with E-state index in [1.165, 1.54) is 0 Å². The van der Waals surface area contributed by atoms with E-state index in [4.69, 9.17) is 5.73 Å². The molecule has 0 aliphatic carbocycles. The molecular weight excluding hydrogens is 290 g/mol. The molecule has 1 aromatic carbocycles. The molecule has 0 spiro atoms. The van der Waals surface area contributed by atoms with Crippen LogP contribution in [0.15, 0.2) is 41.3 Å². The van der Waals surface area contributed by atoms with Crippen LogP contribution < -0.4 is 5.73 Å². The zero-order valence-corrected chi connectivity index (χ0v) is 12.3. The fraction of sp³-hybridized carbons (Fsp3) is 0.357. The van der Waals surface area contributed by atoms with Gasteiger partial charge in [0.15, 0.2) is 0 Å². The van der Waals surface area contributed by atoms with Gasteiger partial charge in [0.1, 0.15) is 0 Å². The van der Waals surface area contributed by atoms with Crippen LogP contribution in [-0.4, -0.2) is 9.55 Å². The van der Waals surface area contributed by atoms with Crippen LogP contribution in [0, 0.1) is 5.92 Å². The molecule has 1 unspecified atom stereocenters. The number of nitrogens with two attached hydrogens (primary N) is 1. The first kappa shape index (κ1) is 13.3. The third kappa shape index (κ3) is 3.00. The van der Waals surface area contributed by atoms with E-state index < -0.39 is 0 Å². The highest BCUT2D eigenvalue weighted by Crippen LogP contribution is 2.22. The zero-order chi connectivity index (χ0) is 13.1. The molecule has 2 rings (SSSR count). The highest BCUT2D eigenvalue weighted by molar-refractivity contribution is 9.10. The monoisotopic (exact) mass is 307 g/mol. The lowest BCUT2D eigenvalue weighted by Gasteiger charge is -2.16. The molecular formula is C14H18BrN3. The second-order valence-electron chi connectivity index (χ2n) is 4.90. The van der Waals surface area contributed by atoms with Crippen molar-refractivity contribution >= 4 is 15.9 Å². The van der Waals surface area contributed by atoms with Crippen LogP contribution in [0.2, 0.25) is 0 Å². The third-order valence-corrected chi connectivity index (χ3v) is 3.41. The molecule has 0 saturated carbocycles. The Morgan fingerprint density at radius 1 is 1.28 bits per heavy atom. The predicted molar refractivity (Wildman–Crippen MR) is 77.6 cm³/mol. The fourth-order valence-corrected chi connectivity index (χ4v) is 2.29. The number of halogens is 1. The van der Waals surface area contributed by atoms with E-state index in [0.29, 0.717) is 5.92 Å². The van der Waals surface area contributed by atoms with Crippen molar-refractivity contribution < 1.29 is 0 Å². The van der Waals surface area contributed by atoms with Gasteiger partial charge in [-0.2, -0.15) is 0 Å². The first-order valence-corrected chi connectivity index (χ1v) is 6.91. The molecule has 1 atom stereocenters. The lowest BCUT2D eigenvalue weighted by atomic mass is 10.0. The van der Waals surface area contributed by atoms with Gasteiger partial charge in [0.2, 0.25) is 0 Å². The Hall–Kier alpha value is -1.13. The minimum absolute atomic E-state index is 0.0242. The Balaban J connectivity index is 2.29. The van der Waals surface area contributed by atoms with Gasteiger partial charge in [0.05, 0.1) is 18.2 Å². The van der Waals surface area contributed by atoms with Gasteiger partial charge in [0, 0.05) is 16.2 Å². The van der Waals surface area contributed by atoms with Crippen LogP contribution in [0.1, 0.15) is 32.0 Å². The average molecular weight is 308 g/mol. The predicted octanol–water partition coefficient (Wildman–Crippen LogP) is 3.68. The maximum atomic E-state index is 6.24. The van der Waals surface area contributed by atoms with Crippen molar-refractivity contribution in [1.29, 1.82) is 0 Å². The van der Waals surface area contributed by atoms with Crippen LogP contribution in [0.25, 0.3) is 5.69 Å². The number of rotatable bonds is 4. The minimum Gasteiger partial charge on any atom is -0.323 e. The van der Waals surface area contributed by atoms with Gasteiger partial charge in [-0.1, -0.05) is 29.8 Å². The molecule has 18 heavy (non-hydrogen) atoms. The van der Waals surface area contributed by atoms with Crippen LogP contribution >= 0.6 is 15.9 Å². The van der Waals surface area contributed by atoms with Crippen molar-refractivity contribution in [3.05, 3.63) is 47.0 Å². The van der Waals surface area contributed by atoms with Gasteiger partial charge in [-0.15, -0.1) is 0 Å². The summed E-state index contributed by atoms with van der Waals surface area (Å²) in [5.74, 6) is 0.577. The third-order valence-electron chi connectivity index (χ3n) is 2.88. The summed E-state index contributed by atoms with van der Waals surface area (Å²) in [5, 5.41) is 0. The summed E-state index contributed by atoms with van der Waals surface area (Å²) in [4.78, 5) is 4.22. The smallest absolute Gasteiger partial charge is 0.0994 e. The van der Waals surface area contributed by atoms with Crippen LogP contribution in [0.5, 0.6) is 0 Å². The van der Waals surface area contributed by atoms with Gasteiger partial charge < -0.3 is 10.3 Å². The van der Waals surface area contributed by atoms with E-state index in [9.17, 15) is 0 Å². The van der Waals surface area contributed by atoms with E-state index >= 15 is 0 Å². The first-order valence-electron chi connectivity index (χ1n) is 6.11. The highest BCUT2D eigenvalue weighted by Gasteiger charge is 2.14. The number of benzene rings is 1. The summed E-state index contributed by atoms with van der Waals surface area (Å²) in [6.45, 7) is 4.36. The summed E-state index contributed by atoms with van der Waals surface area (Å²) in [7, 11) is 0. The quantitative estimate of drug-likeness (QED) is 0.936. The van der Waals surface area contributed by atoms with Gasteiger partial charge in [-0.3, -0.25) is 0 Å². The molecule has 4 heteroatoms. The minimum atomic E-state index is 0.0242. The maximum Gasteiger partial charge on any atom is 0.0994 e. The maximum absolute atomic E-state index is 6.24. The number of hydrogen-bond donors (Lipinski definition) is 1.